The number of methoxy groups -OCH3 is 1. The summed E-state index contributed by atoms with van der Waals surface area (Å²) in [6.45, 7) is 12.7. The van der Waals surface area contributed by atoms with E-state index >= 15 is 0 Å². The van der Waals surface area contributed by atoms with Crippen molar-refractivity contribution in [2.24, 2.45) is 11.1 Å². The Hall–Kier alpha value is -0.120. The van der Waals surface area contributed by atoms with Crippen molar-refractivity contribution in [2.45, 2.75) is 53.0 Å². The molecule has 2 N–H and O–H groups in total. The quantitative estimate of drug-likeness (QED) is 0.642. The van der Waals surface area contributed by atoms with Crippen LogP contribution >= 0.6 is 0 Å². The number of hydrogen-bond acceptors (Lipinski definition) is 3. The maximum Gasteiger partial charge on any atom is 0.0589 e. The minimum Gasteiger partial charge on any atom is -0.383 e. The summed E-state index contributed by atoms with van der Waals surface area (Å²) < 4.78 is 5.20. The number of ether oxygens (including phenoxy) is 1. The van der Waals surface area contributed by atoms with Gasteiger partial charge in [-0.15, -0.1) is 0 Å². The standard InChI is InChI=1S/C14H32N2O/c1-6-8-14(4,11-15)12-16(9-10-17-5)13(3)7-2/h13H,6-12,15H2,1-5H3. The molecule has 3 heteroatoms. The first-order valence-corrected chi connectivity index (χ1v) is 6.96. The molecule has 0 aliphatic heterocycles. The first-order valence-electron chi connectivity index (χ1n) is 6.96. The van der Waals surface area contributed by atoms with Crippen molar-refractivity contribution in [1.82, 2.24) is 4.90 Å². The average Bonchev–Trinajstić information content (AvgIpc) is 2.33. The molecule has 0 heterocycles. The highest BCUT2D eigenvalue weighted by Gasteiger charge is 2.26. The average molecular weight is 244 g/mol. The van der Waals surface area contributed by atoms with Crippen molar-refractivity contribution in [3.05, 3.63) is 0 Å². The third-order valence-corrected chi connectivity index (χ3v) is 3.73. The summed E-state index contributed by atoms with van der Waals surface area (Å²) >= 11 is 0. The lowest BCUT2D eigenvalue weighted by Crippen LogP contribution is -2.45. The molecule has 2 unspecified atom stereocenters. The second-order valence-electron chi connectivity index (χ2n) is 5.49. The van der Waals surface area contributed by atoms with E-state index in [1.807, 2.05) is 0 Å². The lowest BCUT2D eigenvalue weighted by molar-refractivity contribution is 0.0824. The second-order valence-corrected chi connectivity index (χ2v) is 5.49. The maximum absolute atomic E-state index is 5.95. The molecule has 0 saturated heterocycles. The van der Waals surface area contributed by atoms with Crippen LogP contribution in [0.3, 0.4) is 0 Å². The van der Waals surface area contributed by atoms with Gasteiger partial charge in [-0.1, -0.05) is 27.2 Å². The number of nitrogens with zero attached hydrogens (tertiary/aromatic N) is 1. The van der Waals surface area contributed by atoms with E-state index in [0.29, 0.717) is 6.04 Å². The number of nitrogens with two attached hydrogens (primary N) is 1. The Morgan fingerprint density at radius 2 is 2.00 bits per heavy atom. The number of rotatable bonds is 10. The molecule has 0 bridgehead atoms. The molecule has 0 aliphatic rings. The molecule has 0 aliphatic carbocycles. The fourth-order valence-corrected chi connectivity index (χ4v) is 2.26. The lowest BCUT2D eigenvalue weighted by Gasteiger charge is -2.37. The Labute approximate surface area is 108 Å². The van der Waals surface area contributed by atoms with Gasteiger partial charge in [0.15, 0.2) is 0 Å². The van der Waals surface area contributed by atoms with Crippen LogP contribution in [0.2, 0.25) is 0 Å². The van der Waals surface area contributed by atoms with Crippen molar-refractivity contribution >= 4 is 0 Å². The lowest BCUT2D eigenvalue weighted by atomic mass is 9.84. The molecule has 0 aromatic rings. The first-order chi connectivity index (χ1) is 8.02. The van der Waals surface area contributed by atoms with Crippen LogP contribution in [0.25, 0.3) is 0 Å². The summed E-state index contributed by atoms with van der Waals surface area (Å²) in [4.78, 5) is 2.52. The highest BCUT2D eigenvalue weighted by atomic mass is 16.5. The van der Waals surface area contributed by atoms with E-state index < -0.39 is 0 Å². The molecule has 0 aromatic carbocycles. The molecule has 0 amide bonds. The van der Waals surface area contributed by atoms with Crippen LogP contribution in [0.15, 0.2) is 0 Å². The van der Waals surface area contributed by atoms with Gasteiger partial charge in [-0.25, -0.2) is 0 Å². The van der Waals surface area contributed by atoms with Crippen molar-refractivity contribution in [2.75, 3.05) is 33.4 Å². The predicted molar refractivity (Wildman–Crippen MR) is 75.3 cm³/mol. The van der Waals surface area contributed by atoms with E-state index in [2.05, 4.69) is 32.6 Å². The zero-order valence-electron chi connectivity index (χ0n) is 12.5. The van der Waals surface area contributed by atoms with Crippen LogP contribution in [0.5, 0.6) is 0 Å². The molecular weight excluding hydrogens is 212 g/mol. The first kappa shape index (κ1) is 16.9. The van der Waals surface area contributed by atoms with Crippen molar-refractivity contribution in [1.29, 1.82) is 0 Å². The Bertz CT molecular complexity index is 187. The monoisotopic (exact) mass is 244 g/mol. The fraction of sp³-hybridized carbons (Fsp3) is 1.00. The summed E-state index contributed by atoms with van der Waals surface area (Å²) in [5, 5.41) is 0. The van der Waals surface area contributed by atoms with Crippen molar-refractivity contribution < 1.29 is 4.74 Å². The summed E-state index contributed by atoms with van der Waals surface area (Å²) in [7, 11) is 1.77. The van der Waals surface area contributed by atoms with Gasteiger partial charge in [0.2, 0.25) is 0 Å². The van der Waals surface area contributed by atoms with Crippen LogP contribution in [0.1, 0.15) is 47.0 Å². The summed E-state index contributed by atoms with van der Waals surface area (Å²) in [5.74, 6) is 0. The third-order valence-electron chi connectivity index (χ3n) is 3.73. The van der Waals surface area contributed by atoms with Gasteiger partial charge in [-0.05, 0) is 31.7 Å². The summed E-state index contributed by atoms with van der Waals surface area (Å²) in [5.41, 5.74) is 6.20. The Morgan fingerprint density at radius 1 is 1.35 bits per heavy atom. The molecule has 104 valence electrons. The number of hydrogen-bond donors (Lipinski definition) is 1. The van der Waals surface area contributed by atoms with Gasteiger partial charge >= 0.3 is 0 Å². The van der Waals surface area contributed by atoms with E-state index in [4.69, 9.17) is 10.5 Å². The van der Waals surface area contributed by atoms with Crippen molar-refractivity contribution in [3.8, 4) is 0 Å². The van der Waals surface area contributed by atoms with E-state index in [0.717, 1.165) is 26.2 Å². The van der Waals surface area contributed by atoms with Crippen LogP contribution in [0.4, 0.5) is 0 Å². The second kappa shape index (κ2) is 8.90. The fourth-order valence-electron chi connectivity index (χ4n) is 2.26. The van der Waals surface area contributed by atoms with Gasteiger partial charge in [-0.2, -0.15) is 0 Å². The maximum atomic E-state index is 5.95. The van der Waals surface area contributed by atoms with E-state index in [9.17, 15) is 0 Å². The highest BCUT2D eigenvalue weighted by Crippen LogP contribution is 2.24. The minimum atomic E-state index is 0.242. The molecule has 2 atom stereocenters. The van der Waals surface area contributed by atoms with Gasteiger partial charge in [0, 0.05) is 26.2 Å². The minimum absolute atomic E-state index is 0.242. The van der Waals surface area contributed by atoms with Gasteiger partial charge in [0.25, 0.3) is 0 Å². The third kappa shape index (κ3) is 6.39. The highest BCUT2D eigenvalue weighted by molar-refractivity contribution is 4.81. The SMILES string of the molecule is CCCC(C)(CN)CN(CCOC)C(C)CC. The van der Waals surface area contributed by atoms with Gasteiger partial charge in [-0.3, -0.25) is 4.90 Å². The van der Waals surface area contributed by atoms with E-state index in [1.165, 1.54) is 19.3 Å². The largest absolute Gasteiger partial charge is 0.383 e. The predicted octanol–water partition coefficient (Wildman–Crippen LogP) is 2.50. The van der Waals surface area contributed by atoms with Crippen LogP contribution in [-0.2, 0) is 4.74 Å². The topological polar surface area (TPSA) is 38.5 Å². The molecule has 0 rings (SSSR count). The van der Waals surface area contributed by atoms with E-state index in [1.54, 1.807) is 7.11 Å². The molecule has 0 aromatic heterocycles. The molecular formula is C14H32N2O. The van der Waals surface area contributed by atoms with Crippen LogP contribution in [0, 0.1) is 5.41 Å². The zero-order chi connectivity index (χ0) is 13.3. The Kier molecular flexibility index (Phi) is 8.83. The molecule has 0 radical (unpaired) electrons. The molecule has 3 nitrogen and oxygen atoms in total. The van der Waals surface area contributed by atoms with Gasteiger partial charge < -0.3 is 10.5 Å². The van der Waals surface area contributed by atoms with Gasteiger partial charge in [0.1, 0.15) is 0 Å². The van der Waals surface area contributed by atoms with Crippen LogP contribution in [-0.4, -0.2) is 44.3 Å². The molecule has 17 heavy (non-hydrogen) atoms. The van der Waals surface area contributed by atoms with Crippen LogP contribution < -0.4 is 5.73 Å². The summed E-state index contributed by atoms with van der Waals surface area (Å²) in [6, 6.07) is 0.605. The van der Waals surface area contributed by atoms with Crippen molar-refractivity contribution in [3.63, 3.8) is 0 Å². The Balaban J connectivity index is 4.46. The van der Waals surface area contributed by atoms with Gasteiger partial charge in [0.05, 0.1) is 6.61 Å². The molecule has 0 fully saturated rings. The summed E-state index contributed by atoms with van der Waals surface area (Å²) in [6.07, 6.45) is 3.58. The molecule has 0 saturated carbocycles. The zero-order valence-corrected chi connectivity index (χ0v) is 12.5. The van der Waals surface area contributed by atoms with E-state index in [-0.39, 0.29) is 5.41 Å². The molecule has 0 spiro atoms. The normalized spacial score (nSPS) is 17.1. The Morgan fingerprint density at radius 3 is 2.41 bits per heavy atom. The smallest absolute Gasteiger partial charge is 0.0589 e.